The second-order valence-electron chi connectivity index (χ2n) is 5.92. The molecule has 0 atom stereocenters. The van der Waals surface area contributed by atoms with Gasteiger partial charge in [0.2, 0.25) is 5.91 Å². The van der Waals surface area contributed by atoms with E-state index >= 15 is 0 Å². The maximum atomic E-state index is 12.0. The molecule has 3 rings (SSSR count). The molecule has 1 N–H and O–H groups in total. The van der Waals surface area contributed by atoms with Gasteiger partial charge in [0.05, 0.1) is 25.7 Å². The summed E-state index contributed by atoms with van der Waals surface area (Å²) in [7, 11) is 3.19. The second kappa shape index (κ2) is 9.61. The third kappa shape index (κ3) is 5.05. The third-order valence-electron chi connectivity index (χ3n) is 4.02. The fourth-order valence-electron chi connectivity index (χ4n) is 2.64. The summed E-state index contributed by atoms with van der Waals surface area (Å²) in [6.45, 7) is 0.537. The lowest BCUT2D eigenvalue weighted by Crippen LogP contribution is -2.27. The van der Waals surface area contributed by atoms with E-state index in [2.05, 4.69) is 10.3 Å². The Morgan fingerprint density at radius 1 is 1.25 bits per heavy atom. The molecule has 0 aliphatic rings. The number of thiazole rings is 1. The van der Waals surface area contributed by atoms with Gasteiger partial charge in [0.15, 0.2) is 16.5 Å². The average molecular weight is 420 g/mol. The van der Waals surface area contributed by atoms with Gasteiger partial charge in [0, 0.05) is 29.9 Å². The number of hydrogen-bond acceptors (Lipinski definition) is 7. The standard InChI is InChI=1S/C19H21N3O4S2/c1-25-15-4-3-13(9-16(15)26-2)5-6-20-17(23)12-27-11-14-10-18(24)22-7-8-28-19(22)21-14/h3-4,7-10H,5-6,11-12H2,1-2H3,(H,20,23). The summed E-state index contributed by atoms with van der Waals surface area (Å²) in [4.78, 5) is 29.1. The molecule has 2 aromatic heterocycles. The highest BCUT2D eigenvalue weighted by Crippen LogP contribution is 2.27. The van der Waals surface area contributed by atoms with E-state index in [4.69, 9.17) is 9.47 Å². The normalized spacial score (nSPS) is 10.8. The molecule has 0 radical (unpaired) electrons. The van der Waals surface area contributed by atoms with Crippen LogP contribution < -0.4 is 20.3 Å². The summed E-state index contributed by atoms with van der Waals surface area (Å²) < 4.78 is 12.0. The van der Waals surface area contributed by atoms with Crippen LogP contribution in [0.4, 0.5) is 0 Å². The van der Waals surface area contributed by atoms with Crippen LogP contribution in [-0.4, -0.2) is 41.8 Å². The van der Waals surface area contributed by atoms with Gasteiger partial charge in [-0.25, -0.2) is 4.98 Å². The molecule has 0 saturated heterocycles. The molecule has 28 heavy (non-hydrogen) atoms. The van der Waals surface area contributed by atoms with E-state index in [0.29, 0.717) is 46.6 Å². The van der Waals surface area contributed by atoms with Gasteiger partial charge >= 0.3 is 0 Å². The van der Waals surface area contributed by atoms with Crippen LogP contribution in [0.2, 0.25) is 0 Å². The van der Waals surface area contributed by atoms with Crippen molar-refractivity contribution < 1.29 is 14.3 Å². The first kappa shape index (κ1) is 20.2. The number of rotatable bonds is 9. The molecular weight excluding hydrogens is 398 g/mol. The summed E-state index contributed by atoms with van der Waals surface area (Å²) in [5.41, 5.74) is 1.65. The van der Waals surface area contributed by atoms with Crippen molar-refractivity contribution in [3.8, 4) is 11.5 Å². The first-order valence-electron chi connectivity index (χ1n) is 8.62. The van der Waals surface area contributed by atoms with E-state index in [1.165, 1.54) is 33.6 Å². The Labute approximate surface area is 170 Å². The zero-order valence-corrected chi connectivity index (χ0v) is 17.3. The van der Waals surface area contributed by atoms with Crippen molar-refractivity contribution in [1.29, 1.82) is 0 Å². The smallest absolute Gasteiger partial charge is 0.258 e. The van der Waals surface area contributed by atoms with Crippen molar-refractivity contribution >= 4 is 34.0 Å². The quantitative estimate of drug-likeness (QED) is 0.573. The Kier molecular flexibility index (Phi) is 6.94. The number of carbonyl (C=O) groups is 1. The maximum absolute atomic E-state index is 12.0. The SMILES string of the molecule is COc1ccc(CCNC(=O)CSCc2cc(=O)n3ccsc3n2)cc1OC. The number of benzene rings is 1. The number of thioether (sulfide) groups is 1. The number of fused-ring (bicyclic) bond motifs is 1. The number of methoxy groups -OCH3 is 2. The highest BCUT2D eigenvalue weighted by Gasteiger charge is 2.07. The van der Waals surface area contributed by atoms with Gasteiger partial charge in [-0.15, -0.1) is 23.1 Å². The molecule has 1 aromatic carbocycles. The number of carbonyl (C=O) groups excluding carboxylic acids is 1. The predicted octanol–water partition coefficient (Wildman–Crippen LogP) is 2.37. The van der Waals surface area contributed by atoms with Crippen LogP contribution in [-0.2, 0) is 17.0 Å². The van der Waals surface area contributed by atoms with Gasteiger partial charge in [-0.2, -0.15) is 0 Å². The average Bonchev–Trinajstić information content (AvgIpc) is 3.17. The molecule has 1 amide bonds. The molecule has 0 fully saturated rings. The van der Waals surface area contributed by atoms with Crippen molar-refractivity contribution in [3.05, 3.63) is 57.5 Å². The van der Waals surface area contributed by atoms with Crippen molar-refractivity contribution in [1.82, 2.24) is 14.7 Å². The van der Waals surface area contributed by atoms with E-state index in [1.54, 1.807) is 20.4 Å². The highest BCUT2D eigenvalue weighted by atomic mass is 32.2. The monoisotopic (exact) mass is 419 g/mol. The summed E-state index contributed by atoms with van der Waals surface area (Å²) in [5, 5.41) is 4.73. The highest BCUT2D eigenvalue weighted by molar-refractivity contribution is 7.99. The fourth-order valence-corrected chi connectivity index (χ4v) is 4.13. The Morgan fingerprint density at radius 2 is 2.07 bits per heavy atom. The second-order valence-corrected chi connectivity index (χ2v) is 7.78. The fraction of sp³-hybridized carbons (Fsp3) is 0.316. The van der Waals surface area contributed by atoms with Crippen LogP contribution in [0.15, 0.2) is 40.6 Å². The van der Waals surface area contributed by atoms with Crippen LogP contribution >= 0.6 is 23.1 Å². The van der Waals surface area contributed by atoms with Crippen LogP contribution in [0.1, 0.15) is 11.3 Å². The number of nitrogens with zero attached hydrogens (tertiary/aromatic N) is 2. The summed E-state index contributed by atoms with van der Waals surface area (Å²) in [6.07, 6.45) is 2.40. The molecule has 7 nitrogen and oxygen atoms in total. The van der Waals surface area contributed by atoms with Crippen LogP contribution in [0.25, 0.3) is 4.96 Å². The van der Waals surface area contributed by atoms with Gasteiger partial charge in [-0.1, -0.05) is 6.07 Å². The van der Waals surface area contributed by atoms with E-state index in [0.717, 1.165) is 5.56 Å². The largest absolute Gasteiger partial charge is 0.493 e. The third-order valence-corrected chi connectivity index (χ3v) is 5.75. The Morgan fingerprint density at radius 3 is 2.86 bits per heavy atom. The van der Waals surface area contributed by atoms with Crippen molar-refractivity contribution in [2.24, 2.45) is 0 Å². The first-order valence-corrected chi connectivity index (χ1v) is 10.7. The summed E-state index contributed by atoms with van der Waals surface area (Å²) in [6, 6.07) is 7.23. The molecule has 2 heterocycles. The van der Waals surface area contributed by atoms with Gasteiger partial charge in [0.1, 0.15) is 0 Å². The summed E-state index contributed by atoms with van der Waals surface area (Å²) in [5.74, 6) is 2.15. The van der Waals surface area contributed by atoms with E-state index in [1.807, 2.05) is 23.6 Å². The van der Waals surface area contributed by atoms with Gasteiger partial charge in [0.25, 0.3) is 5.56 Å². The minimum absolute atomic E-state index is 0.0422. The van der Waals surface area contributed by atoms with Crippen molar-refractivity contribution in [3.63, 3.8) is 0 Å². The topological polar surface area (TPSA) is 81.9 Å². The van der Waals surface area contributed by atoms with Gasteiger partial charge in [-0.05, 0) is 24.1 Å². The lowest BCUT2D eigenvalue weighted by Gasteiger charge is -2.10. The van der Waals surface area contributed by atoms with E-state index < -0.39 is 0 Å². The molecule has 0 unspecified atom stereocenters. The molecule has 0 bridgehead atoms. The molecule has 0 aliphatic heterocycles. The van der Waals surface area contributed by atoms with Crippen LogP contribution in [0.5, 0.6) is 11.5 Å². The van der Waals surface area contributed by atoms with Crippen LogP contribution in [0, 0.1) is 0 Å². The number of amides is 1. The first-order chi connectivity index (χ1) is 13.6. The van der Waals surface area contributed by atoms with Crippen molar-refractivity contribution in [2.45, 2.75) is 12.2 Å². The zero-order valence-electron chi connectivity index (χ0n) is 15.6. The summed E-state index contributed by atoms with van der Waals surface area (Å²) >= 11 is 2.85. The zero-order chi connectivity index (χ0) is 19.9. The minimum atomic E-state index is -0.0961. The molecule has 148 valence electrons. The maximum Gasteiger partial charge on any atom is 0.258 e. The molecule has 0 spiro atoms. The van der Waals surface area contributed by atoms with Crippen LogP contribution in [0.3, 0.4) is 0 Å². The molecule has 0 saturated carbocycles. The lowest BCUT2D eigenvalue weighted by atomic mass is 10.1. The predicted molar refractivity (Wildman–Crippen MR) is 112 cm³/mol. The number of ether oxygens (including phenoxy) is 2. The Hall–Kier alpha value is -2.52. The minimum Gasteiger partial charge on any atom is -0.493 e. The number of nitrogens with one attached hydrogen (secondary N) is 1. The van der Waals surface area contributed by atoms with E-state index in [-0.39, 0.29) is 11.5 Å². The molecular formula is C19H21N3O4S2. The molecule has 0 aliphatic carbocycles. The Bertz CT molecular complexity index is 1020. The van der Waals surface area contributed by atoms with Crippen molar-refractivity contribution in [2.75, 3.05) is 26.5 Å². The Balaban J connectivity index is 1.42. The number of hydrogen-bond donors (Lipinski definition) is 1. The molecule has 9 heteroatoms. The van der Waals surface area contributed by atoms with Gasteiger partial charge in [-0.3, -0.25) is 14.0 Å². The van der Waals surface area contributed by atoms with Gasteiger partial charge < -0.3 is 14.8 Å². The lowest BCUT2D eigenvalue weighted by molar-refractivity contribution is -0.118. The number of aromatic nitrogens is 2. The van der Waals surface area contributed by atoms with E-state index in [9.17, 15) is 9.59 Å². The molecule has 3 aromatic rings.